The van der Waals surface area contributed by atoms with Crippen LogP contribution in [-0.2, 0) is 4.74 Å². The Kier molecular flexibility index (Phi) is 4.57. The molecule has 6 heteroatoms. The van der Waals surface area contributed by atoms with Crippen LogP contribution >= 0.6 is 0 Å². The fraction of sp³-hybridized carbons (Fsp3) is 0.571. The van der Waals surface area contributed by atoms with Crippen LogP contribution < -0.4 is 20.5 Å². The Hall–Kier alpha value is -1.66. The van der Waals surface area contributed by atoms with Gasteiger partial charge < -0.3 is 30.4 Å². The monoisotopic (exact) mass is 282 g/mol. The molecule has 0 aromatic heterocycles. The molecule has 0 spiro atoms. The SMILES string of the molecule is COCCC(C)(O)CNc1cc2c(cc1N)OCCO2. The van der Waals surface area contributed by atoms with Crippen molar-refractivity contribution in [3.63, 3.8) is 0 Å². The number of hydrogen-bond donors (Lipinski definition) is 3. The quantitative estimate of drug-likeness (QED) is 0.681. The number of methoxy groups -OCH3 is 1. The Morgan fingerprint density at radius 3 is 2.65 bits per heavy atom. The molecular weight excluding hydrogens is 260 g/mol. The van der Waals surface area contributed by atoms with Crippen LogP contribution in [0.5, 0.6) is 11.5 Å². The van der Waals surface area contributed by atoms with Crippen LogP contribution in [0.4, 0.5) is 11.4 Å². The van der Waals surface area contributed by atoms with Gasteiger partial charge >= 0.3 is 0 Å². The average molecular weight is 282 g/mol. The molecule has 4 N–H and O–H groups in total. The molecule has 0 saturated heterocycles. The maximum absolute atomic E-state index is 10.2. The highest BCUT2D eigenvalue weighted by Gasteiger charge is 2.21. The molecule has 0 bridgehead atoms. The van der Waals surface area contributed by atoms with Gasteiger partial charge in [-0.05, 0) is 6.92 Å². The summed E-state index contributed by atoms with van der Waals surface area (Å²) in [5.74, 6) is 1.33. The van der Waals surface area contributed by atoms with E-state index in [9.17, 15) is 5.11 Å². The number of ether oxygens (including phenoxy) is 3. The molecule has 1 aromatic carbocycles. The number of nitrogen functional groups attached to an aromatic ring is 1. The summed E-state index contributed by atoms with van der Waals surface area (Å²) in [6, 6.07) is 3.54. The van der Waals surface area contributed by atoms with Gasteiger partial charge in [-0.1, -0.05) is 0 Å². The zero-order valence-electron chi connectivity index (χ0n) is 11.9. The summed E-state index contributed by atoms with van der Waals surface area (Å²) in [5, 5.41) is 13.3. The second kappa shape index (κ2) is 6.19. The lowest BCUT2D eigenvalue weighted by Gasteiger charge is -2.25. The van der Waals surface area contributed by atoms with E-state index in [0.29, 0.717) is 50.0 Å². The van der Waals surface area contributed by atoms with Crippen molar-refractivity contribution in [2.75, 3.05) is 44.5 Å². The first-order valence-electron chi connectivity index (χ1n) is 6.66. The molecule has 0 aliphatic carbocycles. The molecule has 6 nitrogen and oxygen atoms in total. The number of fused-ring (bicyclic) bond motifs is 1. The normalized spacial score (nSPS) is 16.6. The minimum atomic E-state index is -0.865. The van der Waals surface area contributed by atoms with E-state index in [2.05, 4.69) is 5.32 Å². The smallest absolute Gasteiger partial charge is 0.163 e. The average Bonchev–Trinajstić information content (AvgIpc) is 2.43. The van der Waals surface area contributed by atoms with E-state index in [0.717, 1.165) is 5.69 Å². The van der Waals surface area contributed by atoms with Crippen molar-refractivity contribution >= 4 is 11.4 Å². The molecule has 20 heavy (non-hydrogen) atoms. The number of anilines is 2. The van der Waals surface area contributed by atoms with Gasteiger partial charge in [-0.25, -0.2) is 0 Å². The molecule has 1 unspecified atom stereocenters. The topological polar surface area (TPSA) is 86.0 Å². The number of hydrogen-bond acceptors (Lipinski definition) is 6. The number of nitrogens with two attached hydrogens (primary N) is 1. The van der Waals surface area contributed by atoms with Crippen LogP contribution in [-0.4, -0.2) is 44.2 Å². The maximum Gasteiger partial charge on any atom is 0.163 e. The molecule has 112 valence electrons. The van der Waals surface area contributed by atoms with Gasteiger partial charge in [0, 0.05) is 38.8 Å². The molecule has 1 aliphatic heterocycles. The standard InChI is InChI=1S/C14H22N2O4/c1-14(17,3-4-18-2)9-16-11-8-13-12(7-10(11)15)19-5-6-20-13/h7-8,16-17H,3-6,9,15H2,1-2H3. The second-order valence-electron chi connectivity index (χ2n) is 5.18. The Balaban J connectivity index is 2.02. The van der Waals surface area contributed by atoms with Crippen LogP contribution in [0.3, 0.4) is 0 Å². The van der Waals surface area contributed by atoms with Gasteiger partial charge in [0.2, 0.25) is 0 Å². The Labute approximate surface area is 118 Å². The highest BCUT2D eigenvalue weighted by molar-refractivity contribution is 5.72. The van der Waals surface area contributed by atoms with Crippen molar-refractivity contribution in [3.8, 4) is 11.5 Å². The molecule has 1 aliphatic rings. The van der Waals surface area contributed by atoms with Crippen molar-refractivity contribution in [1.82, 2.24) is 0 Å². The fourth-order valence-electron chi connectivity index (χ4n) is 1.95. The van der Waals surface area contributed by atoms with Gasteiger partial charge in [-0.2, -0.15) is 0 Å². The van der Waals surface area contributed by atoms with Crippen molar-refractivity contribution in [1.29, 1.82) is 0 Å². The van der Waals surface area contributed by atoms with Gasteiger partial charge in [0.25, 0.3) is 0 Å². The third-order valence-electron chi connectivity index (χ3n) is 3.22. The lowest BCUT2D eigenvalue weighted by molar-refractivity contribution is 0.0357. The van der Waals surface area contributed by atoms with Crippen LogP contribution in [0, 0.1) is 0 Å². The first-order valence-corrected chi connectivity index (χ1v) is 6.66. The first kappa shape index (κ1) is 14.7. The summed E-state index contributed by atoms with van der Waals surface area (Å²) in [4.78, 5) is 0. The molecule has 0 radical (unpaired) electrons. The number of rotatable bonds is 6. The molecule has 1 aromatic rings. The third-order valence-corrected chi connectivity index (χ3v) is 3.22. The van der Waals surface area contributed by atoms with Gasteiger partial charge in [-0.15, -0.1) is 0 Å². The van der Waals surface area contributed by atoms with Crippen LogP contribution in [0.1, 0.15) is 13.3 Å². The van der Waals surface area contributed by atoms with Crippen molar-refractivity contribution in [3.05, 3.63) is 12.1 Å². The Morgan fingerprint density at radius 1 is 1.35 bits per heavy atom. The summed E-state index contributed by atoms with van der Waals surface area (Å²) in [7, 11) is 1.61. The summed E-state index contributed by atoms with van der Waals surface area (Å²) in [6.45, 7) is 3.70. The molecular formula is C14H22N2O4. The molecule has 2 rings (SSSR count). The van der Waals surface area contributed by atoms with Crippen molar-refractivity contribution in [2.24, 2.45) is 0 Å². The van der Waals surface area contributed by atoms with Crippen LogP contribution in [0.2, 0.25) is 0 Å². The summed E-state index contributed by atoms with van der Waals surface area (Å²) in [5.41, 5.74) is 6.40. The minimum Gasteiger partial charge on any atom is -0.486 e. The predicted octanol–water partition coefficient (Wildman–Crippen LogP) is 1.24. The maximum atomic E-state index is 10.2. The molecule has 1 heterocycles. The van der Waals surface area contributed by atoms with Gasteiger partial charge in [-0.3, -0.25) is 0 Å². The molecule has 0 saturated carbocycles. The Bertz CT molecular complexity index is 463. The van der Waals surface area contributed by atoms with Gasteiger partial charge in [0.15, 0.2) is 11.5 Å². The summed E-state index contributed by atoms with van der Waals surface area (Å²) in [6.07, 6.45) is 0.543. The van der Waals surface area contributed by atoms with Gasteiger partial charge in [0.05, 0.1) is 17.0 Å². The highest BCUT2D eigenvalue weighted by atomic mass is 16.6. The van der Waals surface area contributed by atoms with Gasteiger partial charge in [0.1, 0.15) is 13.2 Å². The zero-order chi connectivity index (χ0) is 14.6. The Morgan fingerprint density at radius 2 is 2.00 bits per heavy atom. The molecule has 0 amide bonds. The number of aliphatic hydroxyl groups is 1. The summed E-state index contributed by atoms with van der Waals surface area (Å²) >= 11 is 0. The van der Waals surface area contributed by atoms with E-state index in [-0.39, 0.29) is 0 Å². The molecule has 0 fully saturated rings. The lowest BCUT2D eigenvalue weighted by atomic mass is 10.0. The minimum absolute atomic E-state index is 0.375. The van der Waals surface area contributed by atoms with Crippen molar-refractivity contribution in [2.45, 2.75) is 18.9 Å². The second-order valence-corrected chi connectivity index (χ2v) is 5.18. The van der Waals surface area contributed by atoms with E-state index in [1.54, 1.807) is 26.2 Å². The largest absolute Gasteiger partial charge is 0.486 e. The van der Waals surface area contributed by atoms with Crippen molar-refractivity contribution < 1.29 is 19.3 Å². The molecule has 1 atom stereocenters. The van der Waals surface area contributed by atoms with E-state index < -0.39 is 5.60 Å². The number of nitrogens with one attached hydrogen (secondary N) is 1. The van der Waals surface area contributed by atoms with E-state index in [1.807, 2.05) is 0 Å². The highest BCUT2D eigenvalue weighted by Crippen LogP contribution is 2.37. The van der Waals surface area contributed by atoms with E-state index in [1.165, 1.54) is 0 Å². The van der Waals surface area contributed by atoms with E-state index >= 15 is 0 Å². The first-order chi connectivity index (χ1) is 9.52. The zero-order valence-corrected chi connectivity index (χ0v) is 11.9. The van der Waals surface area contributed by atoms with E-state index in [4.69, 9.17) is 19.9 Å². The predicted molar refractivity (Wildman–Crippen MR) is 77.5 cm³/mol. The van der Waals surface area contributed by atoms with Crippen LogP contribution in [0.25, 0.3) is 0 Å². The fourth-order valence-corrected chi connectivity index (χ4v) is 1.95. The lowest BCUT2D eigenvalue weighted by Crippen LogP contribution is -2.34. The van der Waals surface area contributed by atoms with Crippen LogP contribution in [0.15, 0.2) is 12.1 Å². The third kappa shape index (κ3) is 3.68. The summed E-state index contributed by atoms with van der Waals surface area (Å²) < 4.78 is 16.0. The number of benzene rings is 1.